The molecule has 0 saturated heterocycles. The highest BCUT2D eigenvalue weighted by molar-refractivity contribution is 6.32. The molecule has 1 aromatic carbocycles. The van der Waals surface area contributed by atoms with Gasteiger partial charge in [-0.15, -0.1) is 5.10 Å². The quantitative estimate of drug-likeness (QED) is 0.876. The van der Waals surface area contributed by atoms with Crippen LogP contribution < -0.4 is 9.80 Å². The molecule has 0 fully saturated rings. The largest absolute Gasteiger partial charge is 0.433 e. The molecule has 2 rings (SSSR count). The summed E-state index contributed by atoms with van der Waals surface area (Å²) < 4.78 is 29.9. The molecule has 0 aliphatic rings. The molecule has 0 atom stereocenters. The van der Waals surface area contributed by atoms with Gasteiger partial charge < -0.3 is 4.74 Å². The molecule has 2 aromatic rings. The zero-order valence-electron chi connectivity index (χ0n) is 9.66. The zero-order valence-corrected chi connectivity index (χ0v) is 10.4. The van der Waals surface area contributed by atoms with E-state index < -0.39 is 6.61 Å². The Kier molecular flexibility index (Phi) is 3.82. The summed E-state index contributed by atoms with van der Waals surface area (Å²) in [6.45, 7) is -2.97. The Morgan fingerprint density at radius 2 is 2.21 bits per heavy atom. The lowest BCUT2D eigenvalue weighted by Crippen LogP contribution is -2.09. The number of hydroxylamine groups is 1. The van der Waals surface area contributed by atoms with Gasteiger partial charge in [-0.2, -0.15) is 8.78 Å². The maximum absolute atomic E-state index is 12.2. The van der Waals surface area contributed by atoms with Gasteiger partial charge in [0, 0.05) is 13.1 Å². The number of halogens is 3. The van der Waals surface area contributed by atoms with E-state index in [1.807, 2.05) is 0 Å². The van der Waals surface area contributed by atoms with Crippen LogP contribution in [0.3, 0.4) is 0 Å². The minimum absolute atomic E-state index is 0.0589. The first kappa shape index (κ1) is 13.5. The number of aromatic nitrogens is 3. The molecule has 1 N–H and O–H groups in total. The van der Waals surface area contributed by atoms with Crippen molar-refractivity contribution in [3.05, 3.63) is 29.4 Å². The average molecular weight is 291 g/mol. The third-order valence-corrected chi connectivity index (χ3v) is 2.52. The van der Waals surface area contributed by atoms with Gasteiger partial charge in [0.25, 0.3) is 0 Å². The number of alkyl halides is 2. The highest BCUT2D eigenvalue weighted by Gasteiger charge is 2.11. The molecule has 9 heteroatoms. The molecule has 1 heterocycles. The predicted molar refractivity (Wildman–Crippen MR) is 63.2 cm³/mol. The number of benzene rings is 1. The molecule has 0 bridgehead atoms. The number of rotatable bonds is 4. The van der Waals surface area contributed by atoms with Crippen LogP contribution in [0.15, 0.2) is 24.4 Å². The van der Waals surface area contributed by atoms with E-state index in [1.54, 1.807) is 6.07 Å². The number of hydrogen-bond donors (Lipinski definition) is 1. The third kappa shape index (κ3) is 3.09. The Balaban J connectivity index is 2.33. The smallest absolute Gasteiger partial charge is 0.387 e. The van der Waals surface area contributed by atoms with E-state index in [-0.39, 0.29) is 16.6 Å². The zero-order chi connectivity index (χ0) is 14.0. The molecule has 0 amide bonds. The van der Waals surface area contributed by atoms with E-state index in [9.17, 15) is 14.0 Å². The van der Waals surface area contributed by atoms with Crippen LogP contribution in [-0.2, 0) is 0 Å². The van der Waals surface area contributed by atoms with Crippen molar-refractivity contribution in [1.29, 1.82) is 0 Å². The number of hydrogen-bond acceptors (Lipinski definition) is 5. The maximum Gasteiger partial charge on any atom is 0.387 e. The van der Waals surface area contributed by atoms with E-state index in [0.717, 1.165) is 5.06 Å². The normalized spacial score (nSPS) is 10.8. The summed E-state index contributed by atoms with van der Waals surface area (Å²) in [5, 5.41) is 17.4. The van der Waals surface area contributed by atoms with Crippen LogP contribution in [0, 0.1) is 0 Å². The second kappa shape index (κ2) is 5.37. The summed E-state index contributed by atoms with van der Waals surface area (Å²) >= 11 is 5.73. The van der Waals surface area contributed by atoms with Crippen molar-refractivity contribution in [2.24, 2.45) is 0 Å². The Hall–Kier alpha value is -1.93. The first-order valence-corrected chi connectivity index (χ1v) is 5.45. The molecule has 0 unspecified atom stereocenters. The molecule has 1 aromatic heterocycles. The van der Waals surface area contributed by atoms with E-state index >= 15 is 0 Å². The van der Waals surface area contributed by atoms with E-state index in [4.69, 9.17) is 11.6 Å². The van der Waals surface area contributed by atoms with Crippen molar-refractivity contribution in [3.63, 3.8) is 0 Å². The molecule has 19 heavy (non-hydrogen) atoms. The topological polar surface area (TPSA) is 63.4 Å². The first-order chi connectivity index (χ1) is 8.97. The van der Waals surface area contributed by atoms with Crippen molar-refractivity contribution in [1.82, 2.24) is 15.0 Å². The summed E-state index contributed by atoms with van der Waals surface area (Å²) in [5.74, 6) is 0.0369. The van der Waals surface area contributed by atoms with Crippen LogP contribution in [0.5, 0.6) is 5.75 Å². The van der Waals surface area contributed by atoms with E-state index in [0.29, 0.717) is 5.69 Å². The Labute approximate surface area is 111 Å². The van der Waals surface area contributed by atoms with Gasteiger partial charge in [-0.05, 0) is 12.1 Å². The van der Waals surface area contributed by atoms with E-state index in [2.05, 4.69) is 15.0 Å². The van der Waals surface area contributed by atoms with Crippen LogP contribution in [-0.4, -0.2) is 33.9 Å². The lowest BCUT2D eigenvalue weighted by atomic mass is 10.3. The van der Waals surface area contributed by atoms with Gasteiger partial charge in [-0.1, -0.05) is 16.8 Å². The van der Waals surface area contributed by atoms with Crippen LogP contribution in [0.1, 0.15) is 0 Å². The van der Waals surface area contributed by atoms with Crippen molar-refractivity contribution in [3.8, 4) is 11.4 Å². The second-order valence-electron chi connectivity index (χ2n) is 3.54. The van der Waals surface area contributed by atoms with Crippen molar-refractivity contribution >= 4 is 17.4 Å². The Morgan fingerprint density at radius 3 is 2.79 bits per heavy atom. The fraction of sp³-hybridized carbons (Fsp3) is 0.200. The summed E-state index contributed by atoms with van der Waals surface area (Å²) in [6, 6.07) is 4.25. The number of anilines is 1. The van der Waals surface area contributed by atoms with Gasteiger partial charge in [0.15, 0.2) is 5.82 Å². The highest BCUT2D eigenvalue weighted by Crippen LogP contribution is 2.28. The third-order valence-electron chi connectivity index (χ3n) is 2.21. The van der Waals surface area contributed by atoms with Gasteiger partial charge in [0.05, 0.1) is 16.9 Å². The predicted octanol–water partition coefficient (Wildman–Crippen LogP) is 2.35. The van der Waals surface area contributed by atoms with Gasteiger partial charge in [0.2, 0.25) is 0 Å². The minimum Gasteiger partial charge on any atom is -0.433 e. The number of ether oxygens (including phenoxy) is 1. The molecule has 0 saturated carbocycles. The lowest BCUT2D eigenvalue weighted by Gasteiger charge is -2.08. The Morgan fingerprint density at radius 1 is 1.47 bits per heavy atom. The fourth-order valence-electron chi connectivity index (χ4n) is 1.35. The van der Waals surface area contributed by atoms with Crippen molar-refractivity contribution in [2.75, 3.05) is 12.1 Å². The van der Waals surface area contributed by atoms with Crippen molar-refractivity contribution < 1.29 is 18.7 Å². The summed E-state index contributed by atoms with van der Waals surface area (Å²) in [7, 11) is 1.38. The van der Waals surface area contributed by atoms with Crippen LogP contribution in [0.4, 0.5) is 14.6 Å². The maximum atomic E-state index is 12.2. The monoisotopic (exact) mass is 290 g/mol. The average Bonchev–Trinajstić information content (AvgIpc) is 2.81. The molecule has 0 radical (unpaired) electrons. The van der Waals surface area contributed by atoms with E-state index in [1.165, 1.54) is 30.1 Å². The summed E-state index contributed by atoms with van der Waals surface area (Å²) in [6.07, 6.45) is 1.41. The molecule has 0 aliphatic heterocycles. The van der Waals surface area contributed by atoms with Crippen LogP contribution in [0.25, 0.3) is 5.69 Å². The van der Waals surface area contributed by atoms with Gasteiger partial charge in [-0.3, -0.25) is 5.21 Å². The molecule has 0 aliphatic carbocycles. The SMILES string of the molecule is CN(O)c1cn(-c2ccc(Cl)c(OC(F)F)c2)nn1. The molecule has 102 valence electrons. The standard InChI is InChI=1S/C10H9ClF2N4O2/c1-16(18)9-5-17(15-14-9)6-2-3-7(11)8(4-6)19-10(12)13/h2-5,10,18H,1H3. The lowest BCUT2D eigenvalue weighted by molar-refractivity contribution is -0.0497. The minimum atomic E-state index is -2.97. The molecular weight excluding hydrogens is 282 g/mol. The van der Waals surface area contributed by atoms with Crippen LogP contribution in [0.2, 0.25) is 5.02 Å². The Bertz CT molecular complexity index is 576. The van der Waals surface area contributed by atoms with Crippen LogP contribution >= 0.6 is 11.6 Å². The molecule has 6 nitrogen and oxygen atoms in total. The molecular formula is C10H9ClF2N4O2. The summed E-state index contributed by atoms with van der Waals surface area (Å²) in [5.41, 5.74) is 0.417. The second-order valence-corrected chi connectivity index (χ2v) is 3.95. The van der Waals surface area contributed by atoms with Crippen molar-refractivity contribution in [2.45, 2.75) is 6.61 Å². The van der Waals surface area contributed by atoms with Gasteiger partial charge in [-0.25, -0.2) is 9.75 Å². The first-order valence-electron chi connectivity index (χ1n) is 5.07. The molecule has 0 spiro atoms. The summed E-state index contributed by atoms with van der Waals surface area (Å²) in [4.78, 5) is 0. The van der Waals surface area contributed by atoms with Gasteiger partial charge in [0.1, 0.15) is 5.75 Å². The fourth-order valence-corrected chi connectivity index (χ4v) is 1.51. The number of nitrogens with zero attached hydrogens (tertiary/aromatic N) is 4. The van der Waals surface area contributed by atoms with Gasteiger partial charge >= 0.3 is 6.61 Å². The highest BCUT2D eigenvalue weighted by atomic mass is 35.5.